The SMILES string of the molecule is O=C(NCc1cn(-c2ccccc2)nc1-c1ccc(Cl)s1)Nc1ccccc1C(F)(F)F. The quantitative estimate of drug-likeness (QED) is 0.341. The van der Waals surface area contributed by atoms with Crippen molar-refractivity contribution in [2.45, 2.75) is 12.7 Å². The first kappa shape index (κ1) is 21.9. The number of hydrogen-bond donors (Lipinski definition) is 2. The van der Waals surface area contributed by atoms with Gasteiger partial charge in [-0.15, -0.1) is 11.3 Å². The zero-order valence-electron chi connectivity index (χ0n) is 16.4. The van der Waals surface area contributed by atoms with E-state index < -0.39 is 17.8 Å². The number of aromatic nitrogens is 2. The van der Waals surface area contributed by atoms with Crippen molar-refractivity contribution < 1.29 is 18.0 Å². The molecule has 2 amide bonds. The van der Waals surface area contributed by atoms with Crippen molar-refractivity contribution in [1.29, 1.82) is 0 Å². The van der Waals surface area contributed by atoms with Crippen LogP contribution in [0.2, 0.25) is 4.34 Å². The first-order valence-corrected chi connectivity index (χ1v) is 10.6. The lowest BCUT2D eigenvalue weighted by molar-refractivity contribution is -0.136. The molecule has 0 spiro atoms. The second kappa shape index (κ2) is 9.05. The summed E-state index contributed by atoms with van der Waals surface area (Å²) in [5, 5.41) is 9.50. The van der Waals surface area contributed by atoms with Crippen molar-refractivity contribution in [3.05, 3.63) is 88.4 Å². The van der Waals surface area contributed by atoms with Crippen LogP contribution in [0.5, 0.6) is 0 Å². The number of alkyl halides is 3. The summed E-state index contributed by atoms with van der Waals surface area (Å²) in [6.45, 7) is 0.0533. The van der Waals surface area contributed by atoms with Crippen molar-refractivity contribution >= 4 is 34.7 Å². The van der Waals surface area contributed by atoms with E-state index in [2.05, 4.69) is 15.7 Å². The van der Waals surface area contributed by atoms with E-state index in [9.17, 15) is 18.0 Å². The number of anilines is 1. The minimum Gasteiger partial charge on any atom is -0.334 e. The normalized spacial score (nSPS) is 11.4. The fourth-order valence-electron chi connectivity index (χ4n) is 3.08. The summed E-state index contributed by atoms with van der Waals surface area (Å²) in [7, 11) is 0. The van der Waals surface area contributed by atoms with Gasteiger partial charge in [-0.3, -0.25) is 0 Å². The van der Waals surface area contributed by atoms with Crippen LogP contribution in [0.3, 0.4) is 0 Å². The van der Waals surface area contributed by atoms with Crippen LogP contribution in [0, 0.1) is 0 Å². The molecule has 0 aliphatic heterocycles. The van der Waals surface area contributed by atoms with E-state index in [0.29, 0.717) is 15.6 Å². The van der Waals surface area contributed by atoms with Gasteiger partial charge in [-0.25, -0.2) is 9.48 Å². The number of nitrogens with one attached hydrogen (secondary N) is 2. The van der Waals surface area contributed by atoms with E-state index in [1.165, 1.54) is 29.5 Å². The Labute approximate surface area is 190 Å². The third-order valence-electron chi connectivity index (χ3n) is 4.54. The summed E-state index contributed by atoms with van der Waals surface area (Å²) in [5.74, 6) is 0. The van der Waals surface area contributed by atoms with Gasteiger partial charge in [-0.05, 0) is 36.4 Å². The van der Waals surface area contributed by atoms with Gasteiger partial charge in [0.05, 0.1) is 26.2 Å². The first-order chi connectivity index (χ1) is 15.3. The molecule has 0 fully saturated rings. The lowest BCUT2D eigenvalue weighted by atomic mass is 10.1. The maximum absolute atomic E-state index is 13.2. The van der Waals surface area contributed by atoms with Crippen LogP contribution in [-0.4, -0.2) is 15.8 Å². The number of nitrogens with zero attached hydrogens (tertiary/aromatic N) is 2. The Morgan fingerprint density at radius 2 is 1.75 bits per heavy atom. The Bertz CT molecular complexity index is 1240. The molecule has 10 heteroatoms. The molecule has 0 radical (unpaired) electrons. The molecule has 0 bridgehead atoms. The number of rotatable bonds is 5. The number of urea groups is 1. The van der Waals surface area contributed by atoms with Crippen LogP contribution in [0.1, 0.15) is 11.1 Å². The molecule has 32 heavy (non-hydrogen) atoms. The highest BCUT2D eigenvalue weighted by atomic mass is 35.5. The summed E-state index contributed by atoms with van der Waals surface area (Å²) < 4.78 is 41.8. The van der Waals surface area contributed by atoms with Crippen molar-refractivity contribution in [2.75, 3.05) is 5.32 Å². The average molecular weight is 477 g/mol. The van der Waals surface area contributed by atoms with E-state index >= 15 is 0 Å². The predicted molar refractivity (Wildman–Crippen MR) is 119 cm³/mol. The second-order valence-corrected chi connectivity index (χ2v) is 8.45. The molecule has 0 atom stereocenters. The van der Waals surface area contributed by atoms with Crippen molar-refractivity contribution in [1.82, 2.24) is 15.1 Å². The molecule has 2 N–H and O–H groups in total. The average Bonchev–Trinajstić information content (AvgIpc) is 3.38. The lowest BCUT2D eigenvalue weighted by Gasteiger charge is -2.14. The molecule has 4 rings (SSSR count). The zero-order chi connectivity index (χ0) is 22.7. The molecule has 5 nitrogen and oxygen atoms in total. The van der Waals surface area contributed by atoms with E-state index in [4.69, 9.17) is 11.6 Å². The van der Waals surface area contributed by atoms with Gasteiger partial charge in [-0.1, -0.05) is 41.9 Å². The zero-order valence-corrected chi connectivity index (χ0v) is 17.9. The Morgan fingerprint density at radius 1 is 1.03 bits per heavy atom. The molecule has 4 aromatic rings. The van der Waals surface area contributed by atoms with Crippen LogP contribution in [-0.2, 0) is 12.7 Å². The molecule has 2 aromatic heterocycles. The van der Waals surface area contributed by atoms with Crippen LogP contribution < -0.4 is 10.6 Å². The van der Waals surface area contributed by atoms with Gasteiger partial charge in [0.1, 0.15) is 5.69 Å². The number of carbonyl (C=O) groups is 1. The molecule has 0 unspecified atom stereocenters. The number of para-hydroxylation sites is 2. The van der Waals surface area contributed by atoms with Crippen LogP contribution in [0.15, 0.2) is 72.9 Å². The largest absolute Gasteiger partial charge is 0.418 e. The van der Waals surface area contributed by atoms with Gasteiger partial charge < -0.3 is 10.6 Å². The molecule has 0 saturated heterocycles. The molecule has 2 heterocycles. The topological polar surface area (TPSA) is 59.0 Å². The van der Waals surface area contributed by atoms with Gasteiger partial charge in [-0.2, -0.15) is 18.3 Å². The third kappa shape index (κ3) is 4.95. The lowest BCUT2D eigenvalue weighted by Crippen LogP contribution is -2.29. The van der Waals surface area contributed by atoms with Crippen molar-refractivity contribution in [3.63, 3.8) is 0 Å². The molecule has 2 aromatic carbocycles. The highest BCUT2D eigenvalue weighted by Crippen LogP contribution is 2.35. The number of hydrogen-bond acceptors (Lipinski definition) is 3. The van der Waals surface area contributed by atoms with E-state index in [1.807, 2.05) is 36.4 Å². The van der Waals surface area contributed by atoms with Gasteiger partial charge in [0.2, 0.25) is 0 Å². The van der Waals surface area contributed by atoms with Gasteiger partial charge in [0, 0.05) is 18.3 Å². The van der Waals surface area contributed by atoms with E-state index in [1.54, 1.807) is 16.9 Å². The smallest absolute Gasteiger partial charge is 0.334 e. The summed E-state index contributed by atoms with van der Waals surface area (Å²) in [5.41, 5.74) is 0.906. The number of carbonyl (C=O) groups excluding carboxylic acids is 1. The van der Waals surface area contributed by atoms with Gasteiger partial charge >= 0.3 is 12.2 Å². The molecule has 0 aliphatic carbocycles. The standard InChI is InChI=1S/C22H16ClF3N4OS/c23-19-11-10-18(32-19)20-14(13-30(29-20)15-6-2-1-3-7-15)12-27-21(31)28-17-9-5-4-8-16(17)22(24,25)26/h1-11,13H,12H2,(H2,27,28,31). The third-order valence-corrected chi connectivity index (χ3v) is 5.78. The Kier molecular flexibility index (Phi) is 6.20. The maximum Gasteiger partial charge on any atom is 0.418 e. The highest BCUT2D eigenvalue weighted by Gasteiger charge is 2.33. The molecular formula is C22H16ClF3N4OS. The molecule has 0 aliphatic rings. The predicted octanol–water partition coefficient (Wildman–Crippen LogP) is 6.59. The Morgan fingerprint density at radius 3 is 2.44 bits per heavy atom. The fraction of sp³-hybridized carbons (Fsp3) is 0.0909. The monoisotopic (exact) mass is 476 g/mol. The summed E-state index contributed by atoms with van der Waals surface area (Å²) in [6.07, 6.45) is -2.81. The van der Waals surface area contributed by atoms with Crippen LogP contribution in [0.4, 0.5) is 23.7 Å². The fourth-order valence-corrected chi connectivity index (χ4v) is 4.15. The van der Waals surface area contributed by atoms with E-state index in [0.717, 1.165) is 16.6 Å². The van der Waals surface area contributed by atoms with Crippen molar-refractivity contribution in [2.24, 2.45) is 0 Å². The van der Waals surface area contributed by atoms with Crippen molar-refractivity contribution in [3.8, 4) is 16.3 Å². The molecular weight excluding hydrogens is 461 g/mol. The van der Waals surface area contributed by atoms with Gasteiger partial charge in [0.25, 0.3) is 0 Å². The second-order valence-electron chi connectivity index (χ2n) is 6.74. The maximum atomic E-state index is 13.2. The van der Waals surface area contributed by atoms with Gasteiger partial charge in [0.15, 0.2) is 0 Å². The van der Waals surface area contributed by atoms with E-state index in [-0.39, 0.29) is 12.2 Å². The summed E-state index contributed by atoms with van der Waals surface area (Å²) in [4.78, 5) is 13.2. The summed E-state index contributed by atoms with van der Waals surface area (Å²) in [6, 6.07) is 17.0. The van der Waals surface area contributed by atoms with Crippen LogP contribution >= 0.6 is 22.9 Å². The van der Waals surface area contributed by atoms with Crippen LogP contribution in [0.25, 0.3) is 16.3 Å². The minimum absolute atomic E-state index is 0.0533. The first-order valence-electron chi connectivity index (χ1n) is 9.42. The summed E-state index contributed by atoms with van der Waals surface area (Å²) >= 11 is 7.41. The molecule has 0 saturated carbocycles. The Hall–Kier alpha value is -3.30. The Balaban J connectivity index is 1.55. The molecule has 164 valence electrons. The number of thiophene rings is 1. The number of amides is 2. The number of halogens is 4. The highest BCUT2D eigenvalue weighted by molar-refractivity contribution is 7.19. The minimum atomic E-state index is -4.58. The number of benzene rings is 2.